The van der Waals surface area contributed by atoms with E-state index in [0.717, 1.165) is 25.5 Å². The summed E-state index contributed by atoms with van der Waals surface area (Å²) in [5, 5.41) is 3.44. The molecule has 18 heavy (non-hydrogen) atoms. The molecule has 1 unspecified atom stereocenters. The Bertz CT molecular complexity index is 310. The molecule has 1 aliphatic rings. The summed E-state index contributed by atoms with van der Waals surface area (Å²) in [4.78, 5) is 6.85. The molecule has 0 amide bonds. The van der Waals surface area contributed by atoms with Gasteiger partial charge in [-0.05, 0) is 20.8 Å². The van der Waals surface area contributed by atoms with Crippen LogP contribution in [0.25, 0.3) is 0 Å². The maximum absolute atomic E-state index is 5.54. The number of ether oxygens (including phenoxy) is 1. The van der Waals surface area contributed by atoms with E-state index in [9.17, 15) is 0 Å². The van der Waals surface area contributed by atoms with Crippen LogP contribution in [0.2, 0.25) is 0 Å². The molecule has 0 radical (unpaired) electrons. The molecule has 0 aliphatic carbocycles. The van der Waals surface area contributed by atoms with E-state index in [1.165, 1.54) is 5.70 Å². The van der Waals surface area contributed by atoms with Gasteiger partial charge in [0.2, 0.25) is 0 Å². The molecule has 0 spiro atoms. The summed E-state index contributed by atoms with van der Waals surface area (Å²) >= 11 is 0. The van der Waals surface area contributed by atoms with Crippen LogP contribution in [0.5, 0.6) is 0 Å². The first-order chi connectivity index (χ1) is 8.54. The minimum atomic E-state index is 0.330. The van der Waals surface area contributed by atoms with Gasteiger partial charge in [0.25, 0.3) is 0 Å². The highest BCUT2D eigenvalue weighted by atomic mass is 16.5. The number of rotatable bonds is 4. The minimum absolute atomic E-state index is 0.330. The molecular weight excluding hydrogens is 226 g/mol. The Balaban J connectivity index is 2.65. The fourth-order valence-electron chi connectivity index (χ4n) is 1.99. The van der Waals surface area contributed by atoms with Crippen molar-refractivity contribution in [2.75, 3.05) is 26.2 Å². The summed E-state index contributed by atoms with van der Waals surface area (Å²) in [6, 6.07) is 0.544. The Hall–Kier alpha value is -1.03. The third-order valence-corrected chi connectivity index (χ3v) is 3.03. The largest absolute Gasteiger partial charge is 0.481 e. The van der Waals surface area contributed by atoms with Gasteiger partial charge in [-0.25, -0.2) is 4.99 Å². The average molecular weight is 253 g/mol. The van der Waals surface area contributed by atoms with Crippen molar-refractivity contribution in [3.63, 3.8) is 0 Å². The highest BCUT2D eigenvalue weighted by molar-refractivity contribution is 5.78. The second-order valence-electron chi connectivity index (χ2n) is 5.13. The van der Waals surface area contributed by atoms with Crippen LogP contribution in [-0.4, -0.2) is 43.1 Å². The Kier molecular flexibility index (Phi) is 6.19. The second kappa shape index (κ2) is 7.41. The maximum atomic E-state index is 5.54. The molecule has 4 heteroatoms. The lowest BCUT2D eigenvalue weighted by Crippen LogP contribution is -2.48. The van der Waals surface area contributed by atoms with Crippen LogP contribution in [0.1, 0.15) is 34.6 Å². The molecule has 0 saturated carbocycles. The van der Waals surface area contributed by atoms with Gasteiger partial charge in [0, 0.05) is 43.5 Å². The van der Waals surface area contributed by atoms with Gasteiger partial charge in [0.1, 0.15) is 0 Å². The Labute approximate surface area is 111 Å². The standard InChI is InChI=1S/C14H27N3O/c1-6-18-14(11(2)3)16-9-13(5)17-8-7-15-12(4)10-17/h9,11-12,15H,6-8,10H2,1-5H3/b13-9+,16-14?. The molecule has 0 aromatic heterocycles. The Morgan fingerprint density at radius 2 is 2.28 bits per heavy atom. The van der Waals surface area contributed by atoms with Crippen LogP contribution < -0.4 is 5.32 Å². The van der Waals surface area contributed by atoms with E-state index in [0.29, 0.717) is 18.6 Å². The van der Waals surface area contributed by atoms with Gasteiger partial charge in [0.05, 0.1) is 6.61 Å². The fraction of sp³-hybridized carbons (Fsp3) is 0.786. The summed E-state index contributed by atoms with van der Waals surface area (Å²) in [6.45, 7) is 14.3. The van der Waals surface area contributed by atoms with Gasteiger partial charge in [0.15, 0.2) is 5.90 Å². The summed E-state index contributed by atoms with van der Waals surface area (Å²) in [5.41, 5.74) is 1.21. The molecule has 1 heterocycles. The Morgan fingerprint density at radius 3 is 2.83 bits per heavy atom. The highest BCUT2D eigenvalue weighted by Crippen LogP contribution is 2.09. The lowest BCUT2D eigenvalue weighted by Gasteiger charge is -2.33. The first kappa shape index (κ1) is 15.0. The van der Waals surface area contributed by atoms with E-state index in [-0.39, 0.29) is 0 Å². The molecular formula is C14H27N3O. The van der Waals surface area contributed by atoms with Gasteiger partial charge in [-0.3, -0.25) is 0 Å². The number of hydrogen-bond acceptors (Lipinski definition) is 4. The van der Waals surface area contributed by atoms with Crippen molar-refractivity contribution >= 4 is 5.90 Å². The van der Waals surface area contributed by atoms with Gasteiger partial charge < -0.3 is 15.0 Å². The van der Waals surface area contributed by atoms with Crippen LogP contribution in [0, 0.1) is 5.92 Å². The van der Waals surface area contributed by atoms with Crippen LogP contribution in [0.15, 0.2) is 16.9 Å². The normalized spacial score (nSPS) is 22.6. The second-order valence-corrected chi connectivity index (χ2v) is 5.13. The topological polar surface area (TPSA) is 36.9 Å². The van der Waals surface area contributed by atoms with E-state index in [4.69, 9.17) is 4.74 Å². The third-order valence-electron chi connectivity index (χ3n) is 3.03. The quantitative estimate of drug-likeness (QED) is 0.616. The first-order valence-electron chi connectivity index (χ1n) is 6.90. The molecule has 0 aromatic carbocycles. The number of hydrogen-bond donors (Lipinski definition) is 1. The zero-order chi connectivity index (χ0) is 13.5. The molecule has 1 atom stereocenters. The van der Waals surface area contributed by atoms with E-state index in [2.05, 4.69) is 42.9 Å². The van der Waals surface area contributed by atoms with Crippen LogP contribution in [0.3, 0.4) is 0 Å². The van der Waals surface area contributed by atoms with Crippen LogP contribution in [0.4, 0.5) is 0 Å². The van der Waals surface area contributed by atoms with E-state index >= 15 is 0 Å². The lowest BCUT2D eigenvalue weighted by atomic mass is 10.2. The predicted octanol–water partition coefficient (Wildman–Crippen LogP) is 2.23. The van der Waals surface area contributed by atoms with Crippen molar-refractivity contribution in [3.05, 3.63) is 11.9 Å². The van der Waals surface area contributed by atoms with Crippen LogP contribution in [-0.2, 0) is 4.74 Å². The maximum Gasteiger partial charge on any atom is 0.190 e. The summed E-state index contributed by atoms with van der Waals surface area (Å²) < 4.78 is 5.54. The summed E-state index contributed by atoms with van der Waals surface area (Å²) in [5.74, 6) is 1.15. The predicted molar refractivity (Wildman–Crippen MR) is 76.7 cm³/mol. The van der Waals surface area contributed by atoms with Gasteiger partial charge in [-0.15, -0.1) is 0 Å². The van der Waals surface area contributed by atoms with Gasteiger partial charge in [-0.1, -0.05) is 13.8 Å². The highest BCUT2D eigenvalue weighted by Gasteiger charge is 2.15. The van der Waals surface area contributed by atoms with E-state index in [1.54, 1.807) is 0 Å². The zero-order valence-corrected chi connectivity index (χ0v) is 12.4. The van der Waals surface area contributed by atoms with Crippen molar-refractivity contribution in [2.45, 2.75) is 40.7 Å². The molecule has 0 bridgehead atoms. The lowest BCUT2D eigenvalue weighted by molar-refractivity contribution is 0.255. The molecule has 104 valence electrons. The van der Waals surface area contributed by atoms with Crippen molar-refractivity contribution in [2.24, 2.45) is 10.9 Å². The van der Waals surface area contributed by atoms with E-state index in [1.807, 2.05) is 13.1 Å². The molecule has 4 nitrogen and oxygen atoms in total. The molecule has 1 saturated heterocycles. The summed E-state index contributed by atoms with van der Waals surface area (Å²) in [7, 11) is 0. The minimum Gasteiger partial charge on any atom is -0.481 e. The molecule has 0 aromatic rings. The molecule has 1 fully saturated rings. The molecule has 1 rings (SSSR count). The zero-order valence-electron chi connectivity index (χ0n) is 12.4. The van der Waals surface area contributed by atoms with Crippen molar-refractivity contribution in [1.82, 2.24) is 10.2 Å². The van der Waals surface area contributed by atoms with Crippen molar-refractivity contribution < 1.29 is 4.74 Å². The van der Waals surface area contributed by atoms with Gasteiger partial charge in [-0.2, -0.15) is 0 Å². The molecule has 1 N–H and O–H groups in total. The first-order valence-corrected chi connectivity index (χ1v) is 6.90. The SMILES string of the molecule is CCOC(=N/C=C(\C)N1CCNC(C)C1)C(C)C. The number of aliphatic imine (C=N–C) groups is 1. The number of piperazine rings is 1. The van der Waals surface area contributed by atoms with E-state index < -0.39 is 0 Å². The Morgan fingerprint density at radius 1 is 1.56 bits per heavy atom. The average Bonchev–Trinajstić information content (AvgIpc) is 2.33. The third kappa shape index (κ3) is 4.69. The number of nitrogens with zero attached hydrogens (tertiary/aromatic N) is 2. The van der Waals surface area contributed by atoms with Gasteiger partial charge >= 0.3 is 0 Å². The van der Waals surface area contributed by atoms with Crippen molar-refractivity contribution in [1.29, 1.82) is 0 Å². The van der Waals surface area contributed by atoms with Crippen LogP contribution >= 0.6 is 0 Å². The van der Waals surface area contributed by atoms with Crippen molar-refractivity contribution in [3.8, 4) is 0 Å². The number of nitrogens with one attached hydrogen (secondary N) is 1. The smallest absolute Gasteiger partial charge is 0.190 e. The number of allylic oxidation sites excluding steroid dienone is 1. The summed E-state index contributed by atoms with van der Waals surface area (Å²) in [6.07, 6.45) is 1.93. The molecule has 1 aliphatic heterocycles. The fourth-order valence-corrected chi connectivity index (χ4v) is 1.99. The monoisotopic (exact) mass is 253 g/mol.